The molecule has 1 aliphatic carbocycles. The fourth-order valence-corrected chi connectivity index (χ4v) is 4.37. The Morgan fingerprint density at radius 3 is 2.68 bits per heavy atom. The molecule has 0 bridgehead atoms. The summed E-state index contributed by atoms with van der Waals surface area (Å²) in [6.07, 6.45) is 3.09. The van der Waals surface area contributed by atoms with E-state index in [-0.39, 0.29) is 11.9 Å². The van der Waals surface area contributed by atoms with E-state index in [0.29, 0.717) is 11.7 Å². The molecule has 1 heterocycles. The number of nitrogens with one attached hydrogen (secondary N) is 1. The highest BCUT2D eigenvalue weighted by atomic mass is 32.2. The summed E-state index contributed by atoms with van der Waals surface area (Å²) in [5.74, 6) is 2.69. The maximum absolute atomic E-state index is 12.5. The van der Waals surface area contributed by atoms with Crippen molar-refractivity contribution in [3.05, 3.63) is 71.5 Å². The standard InChI is InChI=1S/C24H28N4O2S/c1-17(13-19-9-6-10-21(14-19)30-2)25-22(29)16-31-24-27-26-23(20-11-12-20)28(24)15-18-7-4-3-5-8-18/h3-10,14,17,20H,11-13,15-16H2,1-2H3,(H,25,29). The monoisotopic (exact) mass is 436 g/mol. The summed E-state index contributed by atoms with van der Waals surface area (Å²) in [7, 11) is 1.66. The zero-order chi connectivity index (χ0) is 21.6. The molecule has 1 unspecified atom stereocenters. The molecule has 1 N–H and O–H groups in total. The van der Waals surface area contributed by atoms with Crippen molar-refractivity contribution in [2.75, 3.05) is 12.9 Å². The van der Waals surface area contributed by atoms with E-state index in [2.05, 4.69) is 32.2 Å². The van der Waals surface area contributed by atoms with Crippen LogP contribution in [-0.4, -0.2) is 39.6 Å². The molecule has 31 heavy (non-hydrogen) atoms. The lowest BCUT2D eigenvalue weighted by Gasteiger charge is -2.15. The molecule has 2 aromatic carbocycles. The van der Waals surface area contributed by atoms with Gasteiger partial charge in [0.1, 0.15) is 11.6 Å². The van der Waals surface area contributed by atoms with Gasteiger partial charge in [-0.05, 0) is 49.4 Å². The third-order valence-corrected chi connectivity index (χ3v) is 6.25. The highest BCUT2D eigenvalue weighted by Gasteiger charge is 2.30. The molecule has 4 rings (SSSR count). The van der Waals surface area contributed by atoms with Gasteiger partial charge >= 0.3 is 0 Å². The Bertz CT molecular complexity index is 1020. The van der Waals surface area contributed by atoms with Crippen molar-refractivity contribution >= 4 is 17.7 Å². The van der Waals surface area contributed by atoms with E-state index in [0.717, 1.165) is 35.3 Å². The second-order valence-corrected chi connectivity index (χ2v) is 8.94. The second kappa shape index (κ2) is 10.0. The molecule has 0 saturated heterocycles. The molecule has 6 nitrogen and oxygen atoms in total. The van der Waals surface area contributed by atoms with E-state index in [1.54, 1.807) is 7.11 Å². The highest BCUT2D eigenvalue weighted by Crippen LogP contribution is 2.40. The molecule has 3 aromatic rings. The number of carbonyl (C=O) groups is 1. The largest absolute Gasteiger partial charge is 0.497 e. The van der Waals surface area contributed by atoms with Crippen LogP contribution in [0.25, 0.3) is 0 Å². The minimum Gasteiger partial charge on any atom is -0.497 e. The summed E-state index contributed by atoms with van der Waals surface area (Å²) in [6, 6.07) is 18.3. The molecule has 1 saturated carbocycles. The number of rotatable bonds is 10. The first kappa shape index (κ1) is 21.4. The molecule has 0 radical (unpaired) electrons. The zero-order valence-corrected chi connectivity index (χ0v) is 18.8. The number of hydrogen-bond donors (Lipinski definition) is 1. The number of ether oxygens (including phenoxy) is 1. The van der Waals surface area contributed by atoms with Gasteiger partial charge in [0.05, 0.1) is 19.4 Å². The number of methoxy groups -OCH3 is 1. The van der Waals surface area contributed by atoms with E-state index in [4.69, 9.17) is 4.74 Å². The molecule has 162 valence electrons. The number of thioether (sulfide) groups is 1. The van der Waals surface area contributed by atoms with Gasteiger partial charge in [0.15, 0.2) is 5.16 Å². The zero-order valence-electron chi connectivity index (χ0n) is 18.0. The van der Waals surface area contributed by atoms with Gasteiger partial charge in [-0.1, -0.05) is 54.2 Å². The van der Waals surface area contributed by atoms with Gasteiger partial charge in [0.2, 0.25) is 5.91 Å². The van der Waals surface area contributed by atoms with Gasteiger partial charge in [-0.25, -0.2) is 0 Å². The Morgan fingerprint density at radius 2 is 1.94 bits per heavy atom. The molecule has 7 heteroatoms. The number of carbonyl (C=O) groups excluding carboxylic acids is 1. The van der Waals surface area contributed by atoms with E-state index < -0.39 is 0 Å². The van der Waals surface area contributed by atoms with E-state index in [1.807, 2.05) is 49.4 Å². The molecule has 0 spiro atoms. The van der Waals surface area contributed by atoms with Crippen LogP contribution < -0.4 is 10.1 Å². The number of benzene rings is 2. The van der Waals surface area contributed by atoms with Crippen LogP contribution in [0.1, 0.15) is 42.6 Å². The Morgan fingerprint density at radius 1 is 1.16 bits per heavy atom. The highest BCUT2D eigenvalue weighted by molar-refractivity contribution is 7.99. The van der Waals surface area contributed by atoms with Crippen molar-refractivity contribution in [3.8, 4) is 5.75 Å². The summed E-state index contributed by atoms with van der Waals surface area (Å²) < 4.78 is 7.45. The lowest BCUT2D eigenvalue weighted by atomic mass is 10.1. The molecule has 1 fully saturated rings. The predicted molar refractivity (Wildman–Crippen MR) is 123 cm³/mol. The first-order valence-corrected chi connectivity index (χ1v) is 11.6. The van der Waals surface area contributed by atoms with E-state index in [9.17, 15) is 4.79 Å². The number of hydrogen-bond acceptors (Lipinski definition) is 5. The van der Waals surface area contributed by atoms with Crippen molar-refractivity contribution in [2.45, 2.75) is 49.8 Å². The summed E-state index contributed by atoms with van der Waals surface area (Å²) >= 11 is 1.45. The number of nitrogens with zero attached hydrogens (tertiary/aromatic N) is 3. The third kappa shape index (κ3) is 5.88. The van der Waals surface area contributed by atoms with Gasteiger partial charge in [-0.2, -0.15) is 0 Å². The summed E-state index contributed by atoms with van der Waals surface area (Å²) in [5, 5.41) is 12.7. The van der Waals surface area contributed by atoms with Gasteiger partial charge in [0, 0.05) is 12.0 Å². The maximum atomic E-state index is 12.5. The van der Waals surface area contributed by atoms with Crippen molar-refractivity contribution in [1.29, 1.82) is 0 Å². The number of amides is 1. The fourth-order valence-electron chi connectivity index (χ4n) is 3.62. The first-order valence-electron chi connectivity index (χ1n) is 10.6. The van der Waals surface area contributed by atoms with Gasteiger partial charge < -0.3 is 14.6 Å². The molecular weight excluding hydrogens is 408 g/mol. The average molecular weight is 437 g/mol. The lowest BCUT2D eigenvalue weighted by Crippen LogP contribution is -2.35. The van der Waals surface area contributed by atoms with Crippen LogP contribution in [0.4, 0.5) is 0 Å². The molecule has 1 aliphatic rings. The smallest absolute Gasteiger partial charge is 0.230 e. The van der Waals surface area contributed by atoms with Gasteiger partial charge in [-0.15, -0.1) is 10.2 Å². The minimum absolute atomic E-state index is 0.00243. The van der Waals surface area contributed by atoms with Crippen molar-refractivity contribution in [3.63, 3.8) is 0 Å². The Balaban J connectivity index is 1.34. The van der Waals surface area contributed by atoms with E-state index in [1.165, 1.54) is 30.2 Å². The summed E-state index contributed by atoms with van der Waals surface area (Å²) in [4.78, 5) is 12.5. The topological polar surface area (TPSA) is 69.0 Å². The molecule has 1 atom stereocenters. The fraction of sp³-hybridized carbons (Fsp3) is 0.375. The summed E-state index contributed by atoms with van der Waals surface area (Å²) in [6.45, 7) is 2.75. The normalized spacial score (nSPS) is 14.3. The Kier molecular flexibility index (Phi) is 6.92. The van der Waals surface area contributed by atoms with Crippen LogP contribution in [0.15, 0.2) is 59.8 Å². The van der Waals surface area contributed by atoms with Crippen molar-refractivity contribution in [1.82, 2.24) is 20.1 Å². The average Bonchev–Trinajstić information content (AvgIpc) is 3.54. The lowest BCUT2D eigenvalue weighted by molar-refractivity contribution is -0.119. The van der Waals surface area contributed by atoms with E-state index >= 15 is 0 Å². The van der Waals surface area contributed by atoms with Crippen LogP contribution >= 0.6 is 11.8 Å². The minimum atomic E-state index is 0.00243. The summed E-state index contributed by atoms with van der Waals surface area (Å²) in [5.41, 5.74) is 2.35. The first-order chi connectivity index (χ1) is 15.1. The molecular formula is C24H28N4O2S. The molecule has 0 aliphatic heterocycles. The van der Waals surface area contributed by atoms with Crippen molar-refractivity contribution in [2.24, 2.45) is 0 Å². The van der Waals surface area contributed by atoms with Gasteiger partial charge in [-0.3, -0.25) is 4.79 Å². The SMILES string of the molecule is COc1cccc(CC(C)NC(=O)CSc2nnc(C3CC3)n2Cc2ccccc2)c1. The Hall–Kier alpha value is -2.80. The molecule has 1 amide bonds. The van der Waals surface area contributed by atoms with Crippen LogP contribution in [-0.2, 0) is 17.8 Å². The second-order valence-electron chi connectivity index (χ2n) is 8.00. The third-order valence-electron chi connectivity index (χ3n) is 5.29. The maximum Gasteiger partial charge on any atom is 0.230 e. The van der Waals surface area contributed by atoms with Gasteiger partial charge in [0.25, 0.3) is 0 Å². The molecule has 1 aromatic heterocycles. The van der Waals surface area contributed by atoms with Crippen LogP contribution in [0.3, 0.4) is 0 Å². The van der Waals surface area contributed by atoms with Crippen LogP contribution in [0.5, 0.6) is 5.75 Å². The Labute approximate surface area is 187 Å². The predicted octanol–water partition coefficient (Wildman–Crippen LogP) is 4.05. The van der Waals surface area contributed by atoms with Crippen molar-refractivity contribution < 1.29 is 9.53 Å². The quantitative estimate of drug-likeness (QED) is 0.486. The van der Waals surface area contributed by atoms with Crippen LogP contribution in [0.2, 0.25) is 0 Å². The number of aromatic nitrogens is 3. The van der Waals surface area contributed by atoms with Crippen LogP contribution in [0, 0.1) is 0 Å².